The standard InChI is InChI=1S/C35H33F3N4O3S/c36-35(37,38)28-9-11-33-31(22-28)42(30-4-1-2-5-32(30)46-33)13-3-12-40-14-16-41(17-15-40)18-19-44-34(43)24-45-29-10-8-26-20-25(23-39)6-7-27(26)21-29/h1-2,4-11,20-22H,3,12-19,24H2. The van der Waals surface area contributed by atoms with E-state index in [9.17, 15) is 18.0 Å². The number of rotatable bonds is 10. The monoisotopic (exact) mass is 646 g/mol. The highest BCUT2D eigenvalue weighted by molar-refractivity contribution is 7.99. The van der Waals surface area contributed by atoms with E-state index >= 15 is 0 Å². The number of ether oxygens (including phenoxy) is 2. The number of hydrogen-bond acceptors (Lipinski definition) is 8. The molecular weight excluding hydrogens is 613 g/mol. The Bertz CT molecular complexity index is 1750. The van der Waals surface area contributed by atoms with Crippen molar-refractivity contribution in [1.82, 2.24) is 9.80 Å². The summed E-state index contributed by atoms with van der Waals surface area (Å²) in [6.07, 6.45) is -3.58. The van der Waals surface area contributed by atoms with E-state index in [2.05, 4.69) is 15.9 Å². The summed E-state index contributed by atoms with van der Waals surface area (Å²) < 4.78 is 51.5. The van der Waals surface area contributed by atoms with Crippen LogP contribution in [0.25, 0.3) is 10.8 Å². The topological polar surface area (TPSA) is 69.0 Å². The molecule has 2 heterocycles. The van der Waals surface area contributed by atoms with Crippen molar-refractivity contribution in [2.24, 2.45) is 0 Å². The zero-order valence-corrected chi connectivity index (χ0v) is 25.9. The molecule has 0 radical (unpaired) electrons. The molecule has 0 bridgehead atoms. The zero-order chi connectivity index (χ0) is 32.1. The second kappa shape index (κ2) is 14.0. The summed E-state index contributed by atoms with van der Waals surface area (Å²) in [6, 6.07) is 24.8. The molecule has 0 aromatic heterocycles. The van der Waals surface area contributed by atoms with Gasteiger partial charge in [-0.05, 0) is 78.3 Å². The predicted octanol–water partition coefficient (Wildman–Crippen LogP) is 6.96. The van der Waals surface area contributed by atoms with E-state index < -0.39 is 17.7 Å². The van der Waals surface area contributed by atoms with Gasteiger partial charge in [-0.3, -0.25) is 4.90 Å². The third kappa shape index (κ3) is 7.58. The van der Waals surface area contributed by atoms with Crippen LogP contribution in [0.1, 0.15) is 17.5 Å². The van der Waals surface area contributed by atoms with Crippen molar-refractivity contribution >= 4 is 39.9 Å². The van der Waals surface area contributed by atoms with Crippen LogP contribution in [0.5, 0.6) is 5.75 Å². The number of halogens is 3. The lowest BCUT2D eigenvalue weighted by atomic mass is 10.1. The van der Waals surface area contributed by atoms with Gasteiger partial charge in [-0.15, -0.1) is 0 Å². The molecule has 2 aliphatic rings. The molecule has 4 aromatic carbocycles. The van der Waals surface area contributed by atoms with Gasteiger partial charge in [0, 0.05) is 49.1 Å². The van der Waals surface area contributed by atoms with Crippen molar-refractivity contribution in [2.75, 3.05) is 63.9 Å². The fourth-order valence-corrected chi connectivity index (χ4v) is 6.87. The van der Waals surface area contributed by atoms with Gasteiger partial charge in [0.1, 0.15) is 12.4 Å². The summed E-state index contributed by atoms with van der Waals surface area (Å²) in [4.78, 5) is 20.8. The maximum Gasteiger partial charge on any atom is 0.416 e. The molecule has 238 valence electrons. The quantitative estimate of drug-likeness (QED) is 0.171. The number of fused-ring (bicyclic) bond motifs is 3. The highest BCUT2D eigenvalue weighted by Crippen LogP contribution is 2.49. The summed E-state index contributed by atoms with van der Waals surface area (Å²) in [6.45, 7) is 5.63. The predicted molar refractivity (Wildman–Crippen MR) is 172 cm³/mol. The largest absolute Gasteiger partial charge is 0.482 e. The van der Waals surface area contributed by atoms with E-state index in [4.69, 9.17) is 14.7 Å². The third-order valence-electron chi connectivity index (χ3n) is 8.24. The van der Waals surface area contributed by atoms with Gasteiger partial charge in [0.05, 0.1) is 28.6 Å². The molecule has 4 aromatic rings. The van der Waals surface area contributed by atoms with Gasteiger partial charge in [0.2, 0.25) is 0 Å². The lowest BCUT2D eigenvalue weighted by Crippen LogP contribution is -2.47. The Morgan fingerprint density at radius 3 is 2.33 bits per heavy atom. The van der Waals surface area contributed by atoms with Gasteiger partial charge in [0.25, 0.3) is 0 Å². The van der Waals surface area contributed by atoms with Crippen LogP contribution >= 0.6 is 11.8 Å². The summed E-state index contributed by atoms with van der Waals surface area (Å²) in [5, 5.41) is 10.9. The molecule has 11 heteroatoms. The lowest BCUT2D eigenvalue weighted by molar-refractivity contribution is -0.146. The summed E-state index contributed by atoms with van der Waals surface area (Å²) >= 11 is 1.51. The average Bonchev–Trinajstić information content (AvgIpc) is 3.06. The van der Waals surface area contributed by atoms with Crippen LogP contribution in [-0.2, 0) is 15.7 Å². The fraction of sp³-hybridized carbons (Fsp3) is 0.314. The van der Waals surface area contributed by atoms with Crippen LogP contribution in [0.2, 0.25) is 0 Å². The number of carbonyl (C=O) groups is 1. The van der Waals surface area contributed by atoms with Crippen LogP contribution in [-0.4, -0.2) is 74.8 Å². The Hall–Kier alpha value is -4.24. The van der Waals surface area contributed by atoms with Crippen LogP contribution in [0.4, 0.5) is 24.5 Å². The molecule has 0 unspecified atom stereocenters. The number of esters is 1. The van der Waals surface area contributed by atoms with Gasteiger partial charge in [-0.1, -0.05) is 36.0 Å². The van der Waals surface area contributed by atoms with Crippen LogP contribution in [0.3, 0.4) is 0 Å². The van der Waals surface area contributed by atoms with E-state index in [1.807, 2.05) is 47.4 Å². The molecule has 1 fully saturated rings. The number of para-hydroxylation sites is 1. The molecule has 0 atom stereocenters. The molecule has 6 rings (SSSR count). The minimum atomic E-state index is -4.39. The van der Waals surface area contributed by atoms with Crippen LogP contribution in [0.15, 0.2) is 88.7 Å². The second-order valence-corrected chi connectivity index (χ2v) is 12.4. The molecular formula is C35H33F3N4O3S. The third-order valence-corrected chi connectivity index (χ3v) is 9.37. The first-order valence-corrected chi connectivity index (χ1v) is 16.0. The number of alkyl halides is 3. The van der Waals surface area contributed by atoms with Gasteiger partial charge in [-0.25, -0.2) is 4.79 Å². The number of piperazine rings is 1. The maximum atomic E-state index is 13.5. The smallest absolute Gasteiger partial charge is 0.416 e. The van der Waals surface area contributed by atoms with E-state index in [0.717, 1.165) is 71.5 Å². The highest BCUT2D eigenvalue weighted by atomic mass is 32.2. The summed E-state index contributed by atoms with van der Waals surface area (Å²) in [7, 11) is 0. The first-order valence-electron chi connectivity index (χ1n) is 15.2. The zero-order valence-electron chi connectivity index (χ0n) is 25.1. The normalized spacial score (nSPS) is 15.2. The van der Waals surface area contributed by atoms with Crippen LogP contribution in [0, 0.1) is 11.3 Å². The van der Waals surface area contributed by atoms with Crippen molar-refractivity contribution in [1.29, 1.82) is 5.26 Å². The maximum absolute atomic E-state index is 13.5. The number of benzene rings is 4. The Balaban J connectivity index is 0.922. The van der Waals surface area contributed by atoms with Crippen molar-refractivity contribution in [3.8, 4) is 11.8 Å². The fourth-order valence-electron chi connectivity index (χ4n) is 5.79. The van der Waals surface area contributed by atoms with Gasteiger partial charge >= 0.3 is 12.1 Å². The average molecular weight is 647 g/mol. The minimum absolute atomic E-state index is 0.183. The molecule has 0 N–H and O–H groups in total. The number of nitrogens with zero attached hydrogens (tertiary/aromatic N) is 4. The number of anilines is 2. The first-order chi connectivity index (χ1) is 22.3. The Kier molecular flexibility index (Phi) is 9.68. The number of hydrogen-bond donors (Lipinski definition) is 0. The van der Waals surface area contributed by atoms with Crippen molar-refractivity contribution in [3.05, 3.63) is 90.0 Å². The Morgan fingerprint density at radius 2 is 1.54 bits per heavy atom. The second-order valence-electron chi connectivity index (χ2n) is 11.3. The molecule has 46 heavy (non-hydrogen) atoms. The Morgan fingerprint density at radius 1 is 0.826 bits per heavy atom. The molecule has 2 aliphatic heterocycles. The van der Waals surface area contributed by atoms with Crippen molar-refractivity contribution < 1.29 is 27.4 Å². The lowest BCUT2D eigenvalue weighted by Gasteiger charge is -2.36. The number of carbonyl (C=O) groups excluding carboxylic acids is 1. The molecule has 7 nitrogen and oxygen atoms in total. The van der Waals surface area contributed by atoms with Gasteiger partial charge < -0.3 is 19.3 Å². The summed E-state index contributed by atoms with van der Waals surface area (Å²) in [5.74, 6) is 0.129. The van der Waals surface area contributed by atoms with Crippen molar-refractivity contribution in [2.45, 2.75) is 22.4 Å². The molecule has 0 amide bonds. The first kappa shape index (κ1) is 31.7. The van der Waals surface area contributed by atoms with Gasteiger partial charge in [0.15, 0.2) is 6.61 Å². The summed E-state index contributed by atoms with van der Waals surface area (Å²) in [5.41, 5.74) is 1.50. The van der Waals surface area contributed by atoms with Crippen LogP contribution < -0.4 is 9.64 Å². The molecule has 0 aliphatic carbocycles. The molecule has 0 saturated carbocycles. The number of nitriles is 1. The molecule has 0 spiro atoms. The Labute approximate surface area is 270 Å². The highest BCUT2D eigenvalue weighted by Gasteiger charge is 2.33. The molecule has 1 saturated heterocycles. The minimum Gasteiger partial charge on any atom is -0.482 e. The SMILES string of the molecule is N#Cc1ccc2cc(OCC(=O)OCCN3CCN(CCCN4c5ccccc5Sc5ccc(C(F)(F)F)cc54)CC3)ccc2c1. The van der Waals surface area contributed by atoms with Gasteiger partial charge in [-0.2, -0.15) is 18.4 Å². The van der Waals surface area contributed by atoms with E-state index in [1.165, 1.54) is 17.8 Å². The van der Waals surface area contributed by atoms with E-state index in [0.29, 0.717) is 30.1 Å². The van der Waals surface area contributed by atoms with Crippen molar-refractivity contribution in [3.63, 3.8) is 0 Å². The van der Waals surface area contributed by atoms with E-state index in [-0.39, 0.29) is 13.2 Å². The van der Waals surface area contributed by atoms with E-state index in [1.54, 1.807) is 24.3 Å².